The Morgan fingerprint density at radius 1 is 1.16 bits per heavy atom. The number of Topliss-reactive ketones (excluding diaryl/α,β-unsaturated/α-hetero) is 1. The number of aromatic nitrogens is 5. The smallest absolute Gasteiger partial charge is 0.181 e. The molecule has 1 aliphatic rings. The highest BCUT2D eigenvalue weighted by atomic mass is 16.6. The number of carbonyl (C=O) groups excluding carboxylic acids is 1. The number of carbonyl (C=O) groups is 1. The maximum atomic E-state index is 12.5. The first-order chi connectivity index (χ1) is 18.4. The van der Waals surface area contributed by atoms with Crippen LogP contribution < -0.4 is 0 Å². The number of hydrogen-bond acceptors (Lipinski definition) is 10. The average Bonchev–Trinajstić information content (AvgIpc) is 3.64. The molecule has 4 atom stereocenters. The summed E-state index contributed by atoms with van der Waals surface area (Å²) < 4.78 is 13.0. The molecule has 1 fully saturated rings. The third-order valence-corrected chi connectivity index (χ3v) is 6.94. The number of nitrogens with zero attached hydrogens (tertiary/aromatic N) is 6. The Labute approximate surface area is 220 Å². The molecule has 0 saturated carbocycles. The van der Waals surface area contributed by atoms with E-state index in [9.17, 15) is 15.0 Å². The molecule has 3 aromatic heterocycles. The minimum atomic E-state index is -1.11. The van der Waals surface area contributed by atoms with Crippen LogP contribution >= 0.6 is 0 Å². The molecule has 0 unspecified atom stereocenters. The first-order valence-electron chi connectivity index (χ1n) is 12.7. The lowest BCUT2D eigenvalue weighted by Gasteiger charge is -2.22. The van der Waals surface area contributed by atoms with Crippen molar-refractivity contribution in [2.75, 3.05) is 20.1 Å². The second-order valence-corrected chi connectivity index (χ2v) is 9.83. The zero-order chi connectivity index (χ0) is 26.6. The van der Waals surface area contributed by atoms with E-state index in [0.717, 1.165) is 36.2 Å². The zero-order valence-corrected chi connectivity index (χ0v) is 21.5. The number of ether oxygens (including phenoxy) is 1. The van der Waals surface area contributed by atoms with Gasteiger partial charge in [0.1, 0.15) is 35.9 Å². The van der Waals surface area contributed by atoms with Crippen LogP contribution in [0.3, 0.4) is 0 Å². The van der Waals surface area contributed by atoms with Gasteiger partial charge in [-0.3, -0.25) is 9.36 Å². The van der Waals surface area contributed by atoms with E-state index in [0.29, 0.717) is 36.3 Å². The third-order valence-electron chi connectivity index (χ3n) is 6.94. The van der Waals surface area contributed by atoms with Crippen LogP contribution in [0.25, 0.3) is 22.5 Å². The monoisotopic (exact) mass is 520 g/mol. The van der Waals surface area contributed by atoms with Crippen LogP contribution in [0, 0.1) is 6.92 Å². The maximum absolute atomic E-state index is 12.5. The van der Waals surface area contributed by atoms with Crippen LogP contribution in [0.1, 0.15) is 36.7 Å². The van der Waals surface area contributed by atoms with E-state index in [1.165, 1.54) is 12.7 Å². The normalized spacial score (nSPS) is 21.5. The minimum absolute atomic E-state index is 0.189. The predicted octanol–water partition coefficient (Wildman–Crippen LogP) is 2.32. The summed E-state index contributed by atoms with van der Waals surface area (Å²) in [7, 11) is 1.94. The van der Waals surface area contributed by atoms with Crippen LogP contribution in [0.2, 0.25) is 0 Å². The highest BCUT2D eigenvalue weighted by Crippen LogP contribution is 2.32. The second-order valence-electron chi connectivity index (χ2n) is 9.83. The first kappa shape index (κ1) is 26.1. The number of imidazole rings is 1. The summed E-state index contributed by atoms with van der Waals surface area (Å²) in [5.41, 5.74) is 3.78. The van der Waals surface area contributed by atoms with Crippen LogP contribution in [0.4, 0.5) is 0 Å². The number of aliphatic hydroxyl groups excluding tert-OH is 2. The van der Waals surface area contributed by atoms with Crippen molar-refractivity contribution in [1.29, 1.82) is 0 Å². The fraction of sp³-hybridized carbons (Fsp3) is 0.444. The van der Waals surface area contributed by atoms with E-state index in [4.69, 9.17) is 9.15 Å². The number of rotatable bonds is 11. The van der Waals surface area contributed by atoms with Gasteiger partial charge in [0, 0.05) is 24.9 Å². The van der Waals surface area contributed by atoms with Gasteiger partial charge in [0.25, 0.3) is 0 Å². The fourth-order valence-electron chi connectivity index (χ4n) is 4.88. The number of aliphatic hydroxyl groups is 2. The molecule has 0 radical (unpaired) electrons. The summed E-state index contributed by atoms with van der Waals surface area (Å²) >= 11 is 0. The molecule has 4 heterocycles. The summed E-state index contributed by atoms with van der Waals surface area (Å²) in [6.45, 7) is 3.02. The van der Waals surface area contributed by atoms with Crippen LogP contribution in [-0.2, 0) is 16.0 Å². The molecule has 0 bridgehead atoms. The van der Waals surface area contributed by atoms with Crippen molar-refractivity contribution in [1.82, 2.24) is 29.4 Å². The van der Waals surface area contributed by atoms with Gasteiger partial charge in [-0.1, -0.05) is 18.2 Å². The number of aryl methyl sites for hydroxylation is 1. The Hall–Kier alpha value is -3.51. The molecular weight excluding hydrogens is 488 g/mol. The van der Waals surface area contributed by atoms with Gasteiger partial charge in [0.2, 0.25) is 0 Å². The van der Waals surface area contributed by atoms with Gasteiger partial charge >= 0.3 is 0 Å². The van der Waals surface area contributed by atoms with Crippen molar-refractivity contribution in [3.63, 3.8) is 0 Å². The van der Waals surface area contributed by atoms with Gasteiger partial charge in [-0.2, -0.15) is 0 Å². The van der Waals surface area contributed by atoms with E-state index in [1.54, 1.807) is 17.1 Å². The van der Waals surface area contributed by atoms with Gasteiger partial charge in [-0.15, -0.1) is 0 Å². The van der Waals surface area contributed by atoms with E-state index in [2.05, 4.69) is 19.9 Å². The fourth-order valence-corrected chi connectivity index (χ4v) is 4.88. The quantitative estimate of drug-likeness (QED) is 0.283. The Balaban J connectivity index is 1.07. The number of fused-ring (bicyclic) bond motifs is 1. The Bertz CT molecular complexity index is 1370. The van der Waals surface area contributed by atoms with Crippen LogP contribution in [0.5, 0.6) is 0 Å². The molecule has 11 nitrogen and oxygen atoms in total. The lowest BCUT2D eigenvalue weighted by molar-refractivity contribution is -0.118. The van der Waals surface area contributed by atoms with Gasteiger partial charge in [-0.05, 0) is 45.0 Å². The minimum Gasteiger partial charge on any atom is -0.444 e. The van der Waals surface area contributed by atoms with Crippen molar-refractivity contribution in [2.24, 2.45) is 0 Å². The van der Waals surface area contributed by atoms with Gasteiger partial charge in [0.15, 0.2) is 24.0 Å². The van der Waals surface area contributed by atoms with Crippen LogP contribution in [-0.4, -0.2) is 83.8 Å². The van der Waals surface area contributed by atoms with E-state index in [-0.39, 0.29) is 5.78 Å². The van der Waals surface area contributed by atoms with Gasteiger partial charge in [0.05, 0.1) is 18.2 Å². The first-order valence-corrected chi connectivity index (χ1v) is 12.7. The van der Waals surface area contributed by atoms with Gasteiger partial charge < -0.3 is 24.3 Å². The van der Waals surface area contributed by atoms with Crippen molar-refractivity contribution in [3.8, 4) is 11.3 Å². The number of likely N-dealkylation sites (N-methyl/N-ethyl adjacent to an activating group) is 1. The molecule has 0 spiro atoms. The van der Waals surface area contributed by atoms with Crippen molar-refractivity contribution < 1.29 is 24.2 Å². The molecule has 2 N–H and O–H groups in total. The molecule has 1 aromatic carbocycles. The summed E-state index contributed by atoms with van der Waals surface area (Å²) in [4.78, 5) is 31.3. The molecule has 38 heavy (non-hydrogen) atoms. The predicted molar refractivity (Wildman–Crippen MR) is 138 cm³/mol. The molecule has 1 aliphatic heterocycles. The lowest BCUT2D eigenvalue weighted by Crippen LogP contribution is -2.38. The number of hydrogen-bond donors (Lipinski definition) is 2. The summed E-state index contributed by atoms with van der Waals surface area (Å²) in [6, 6.07) is 7.76. The molecule has 200 valence electrons. The zero-order valence-electron chi connectivity index (χ0n) is 21.5. The highest BCUT2D eigenvalue weighted by molar-refractivity contribution is 5.81. The standard InChI is InChI=1S/C27H32N6O5/c1-17-23-26(30-14-29-17)33(15-31-23)27-25(36)24(35)22(38-27)13-32(2)9-4-3-8-20(34)11-18-6-5-7-19(10-18)21-12-28-16-37-21/h5-7,10,12,14-16,22,24-25,27,35-36H,3-4,8-9,11,13H2,1-2H3/t22-,24-,25-,27-/m1/s1. The van der Waals surface area contributed by atoms with E-state index < -0.39 is 24.5 Å². The summed E-state index contributed by atoms with van der Waals surface area (Å²) in [5, 5.41) is 21.3. The van der Waals surface area contributed by atoms with Crippen molar-refractivity contribution in [2.45, 2.75) is 57.1 Å². The van der Waals surface area contributed by atoms with Crippen molar-refractivity contribution >= 4 is 16.9 Å². The van der Waals surface area contributed by atoms with Crippen molar-refractivity contribution in [3.05, 3.63) is 60.8 Å². The third kappa shape index (κ3) is 5.65. The Morgan fingerprint density at radius 3 is 2.84 bits per heavy atom. The molecule has 4 aromatic rings. The summed E-state index contributed by atoms with van der Waals surface area (Å²) in [6.07, 6.45) is 5.01. The average molecular weight is 521 g/mol. The number of benzene rings is 1. The lowest BCUT2D eigenvalue weighted by atomic mass is 10.0. The molecule has 5 rings (SSSR count). The Morgan fingerprint density at radius 2 is 2.03 bits per heavy atom. The van der Waals surface area contributed by atoms with Gasteiger partial charge in [-0.25, -0.2) is 19.9 Å². The highest BCUT2D eigenvalue weighted by Gasteiger charge is 2.44. The number of oxazole rings is 1. The second kappa shape index (κ2) is 11.5. The number of unbranched alkanes of at least 4 members (excludes halogenated alkanes) is 1. The molecular formula is C27H32N6O5. The van der Waals surface area contributed by atoms with Crippen LogP contribution in [0.15, 0.2) is 53.9 Å². The maximum Gasteiger partial charge on any atom is 0.181 e. The Kier molecular flexibility index (Phi) is 7.89. The van der Waals surface area contributed by atoms with E-state index in [1.807, 2.05) is 43.1 Å². The largest absolute Gasteiger partial charge is 0.444 e. The number of ketones is 1. The van der Waals surface area contributed by atoms with E-state index >= 15 is 0 Å². The molecule has 0 amide bonds. The molecule has 1 saturated heterocycles. The molecule has 0 aliphatic carbocycles. The summed E-state index contributed by atoms with van der Waals surface area (Å²) in [5.74, 6) is 0.870. The molecule has 11 heteroatoms. The SMILES string of the molecule is Cc1ncnc2c1ncn2[C@@H]1O[C@H](CN(C)CCCCC(=O)Cc2cccc(-c3cnco3)c2)[C@@H](O)[C@H]1O. The topological polar surface area (TPSA) is 140 Å².